The average molecular weight is 365 g/mol. The molecule has 2 aromatic rings. The van der Waals surface area contributed by atoms with Gasteiger partial charge in [-0.2, -0.15) is 0 Å². The van der Waals surface area contributed by atoms with Crippen molar-refractivity contribution in [1.29, 1.82) is 0 Å². The van der Waals surface area contributed by atoms with E-state index in [1.807, 2.05) is 60.7 Å². The molecule has 142 valence electrons. The number of benzene rings is 2. The minimum absolute atomic E-state index is 0.209. The van der Waals surface area contributed by atoms with E-state index < -0.39 is 11.4 Å². The van der Waals surface area contributed by atoms with E-state index in [-0.39, 0.29) is 5.91 Å². The van der Waals surface area contributed by atoms with Crippen LogP contribution in [0.3, 0.4) is 0 Å². The van der Waals surface area contributed by atoms with Crippen LogP contribution in [0.1, 0.15) is 36.8 Å². The van der Waals surface area contributed by atoms with Crippen LogP contribution in [0.2, 0.25) is 0 Å². The van der Waals surface area contributed by atoms with E-state index in [0.29, 0.717) is 25.9 Å². The molecule has 3 rings (SSSR count). The van der Waals surface area contributed by atoms with E-state index in [9.17, 15) is 14.7 Å². The zero-order chi connectivity index (χ0) is 19.1. The smallest absolute Gasteiger partial charge is 0.319 e. The predicted octanol–water partition coefficient (Wildman–Crippen LogP) is 3.95. The van der Waals surface area contributed by atoms with Gasteiger partial charge in [-0.05, 0) is 36.8 Å². The van der Waals surface area contributed by atoms with Crippen LogP contribution in [0, 0.1) is 5.41 Å². The predicted molar refractivity (Wildman–Crippen MR) is 105 cm³/mol. The number of aliphatic carboxylic acids is 1. The fourth-order valence-corrected chi connectivity index (χ4v) is 3.93. The Bertz CT molecular complexity index is 708. The lowest BCUT2D eigenvalue weighted by Gasteiger charge is -2.31. The van der Waals surface area contributed by atoms with Crippen molar-refractivity contribution in [3.8, 4) is 0 Å². The van der Waals surface area contributed by atoms with E-state index in [4.69, 9.17) is 0 Å². The van der Waals surface area contributed by atoms with Gasteiger partial charge in [0.25, 0.3) is 0 Å². The van der Waals surface area contributed by atoms with Gasteiger partial charge in [0, 0.05) is 13.1 Å². The number of hydrogen-bond acceptors (Lipinski definition) is 2. The number of carboxylic acid groups (broad SMARTS) is 1. The maximum absolute atomic E-state index is 13.3. The third-order valence-electron chi connectivity index (χ3n) is 5.59. The standard InChI is InChI=1S/C23H27NO3/c25-21(23(22(26)27)15-7-8-16-23)24(17-13-19-9-3-1-4-10-19)18-14-20-11-5-2-6-12-20/h1-6,9-12H,7-8,13-18H2,(H,26,27). The number of carbonyl (C=O) groups excluding carboxylic acids is 1. The van der Waals surface area contributed by atoms with Crippen LogP contribution >= 0.6 is 0 Å². The molecule has 1 amide bonds. The van der Waals surface area contributed by atoms with E-state index in [1.165, 1.54) is 0 Å². The van der Waals surface area contributed by atoms with E-state index in [1.54, 1.807) is 4.90 Å². The van der Waals surface area contributed by atoms with Crippen molar-refractivity contribution in [3.05, 3.63) is 71.8 Å². The number of carboxylic acids is 1. The van der Waals surface area contributed by atoms with Crippen LogP contribution in [0.4, 0.5) is 0 Å². The van der Waals surface area contributed by atoms with Gasteiger partial charge in [0.1, 0.15) is 5.41 Å². The highest BCUT2D eigenvalue weighted by molar-refractivity contribution is 6.02. The minimum atomic E-state index is -1.23. The molecule has 1 N–H and O–H groups in total. The van der Waals surface area contributed by atoms with Crippen LogP contribution in [-0.4, -0.2) is 35.0 Å². The third kappa shape index (κ3) is 4.57. The molecule has 0 heterocycles. The Balaban J connectivity index is 1.75. The van der Waals surface area contributed by atoms with Gasteiger partial charge in [0.05, 0.1) is 0 Å². The Morgan fingerprint density at radius 3 is 1.67 bits per heavy atom. The maximum atomic E-state index is 13.3. The van der Waals surface area contributed by atoms with E-state index in [0.717, 1.165) is 36.8 Å². The molecule has 1 aliphatic rings. The Morgan fingerprint density at radius 1 is 0.815 bits per heavy atom. The molecule has 4 heteroatoms. The summed E-state index contributed by atoms with van der Waals surface area (Å²) < 4.78 is 0. The van der Waals surface area contributed by atoms with Gasteiger partial charge in [-0.25, -0.2) is 0 Å². The first-order valence-electron chi connectivity index (χ1n) is 9.72. The van der Waals surface area contributed by atoms with Crippen molar-refractivity contribution in [1.82, 2.24) is 4.90 Å². The van der Waals surface area contributed by atoms with Gasteiger partial charge < -0.3 is 10.0 Å². The summed E-state index contributed by atoms with van der Waals surface area (Å²) in [4.78, 5) is 27.0. The molecule has 1 aliphatic carbocycles. The first-order chi connectivity index (χ1) is 13.1. The van der Waals surface area contributed by atoms with Crippen molar-refractivity contribution in [2.45, 2.75) is 38.5 Å². The molecule has 0 aromatic heterocycles. The van der Waals surface area contributed by atoms with Crippen LogP contribution < -0.4 is 0 Å². The Labute approximate surface area is 160 Å². The number of hydrogen-bond donors (Lipinski definition) is 1. The fraction of sp³-hybridized carbons (Fsp3) is 0.391. The lowest BCUT2D eigenvalue weighted by atomic mass is 9.84. The van der Waals surface area contributed by atoms with Crippen molar-refractivity contribution in [2.24, 2.45) is 5.41 Å². The second-order valence-corrected chi connectivity index (χ2v) is 7.36. The number of rotatable bonds is 8. The van der Waals surface area contributed by atoms with Crippen molar-refractivity contribution < 1.29 is 14.7 Å². The molecule has 0 bridgehead atoms. The van der Waals surface area contributed by atoms with Gasteiger partial charge in [-0.15, -0.1) is 0 Å². The summed E-state index contributed by atoms with van der Waals surface area (Å²) in [6.07, 6.45) is 3.99. The minimum Gasteiger partial charge on any atom is -0.480 e. The van der Waals surface area contributed by atoms with Gasteiger partial charge >= 0.3 is 5.97 Å². The second-order valence-electron chi connectivity index (χ2n) is 7.36. The highest BCUT2D eigenvalue weighted by atomic mass is 16.4. The third-order valence-corrected chi connectivity index (χ3v) is 5.59. The van der Waals surface area contributed by atoms with Crippen LogP contribution in [0.25, 0.3) is 0 Å². The average Bonchev–Trinajstić information content (AvgIpc) is 3.20. The fourth-order valence-electron chi connectivity index (χ4n) is 3.93. The molecule has 1 saturated carbocycles. The van der Waals surface area contributed by atoms with E-state index in [2.05, 4.69) is 0 Å². The molecule has 27 heavy (non-hydrogen) atoms. The molecule has 0 spiro atoms. The molecule has 0 saturated heterocycles. The molecule has 1 fully saturated rings. The lowest BCUT2D eigenvalue weighted by Crippen LogP contribution is -2.48. The van der Waals surface area contributed by atoms with Gasteiger partial charge in [-0.1, -0.05) is 73.5 Å². The number of nitrogens with zero attached hydrogens (tertiary/aromatic N) is 1. The van der Waals surface area contributed by atoms with E-state index >= 15 is 0 Å². The maximum Gasteiger partial charge on any atom is 0.319 e. The van der Waals surface area contributed by atoms with Gasteiger partial charge in [0.2, 0.25) is 5.91 Å². The highest BCUT2D eigenvalue weighted by Gasteiger charge is 2.49. The first kappa shape index (κ1) is 19.2. The van der Waals surface area contributed by atoms with Crippen molar-refractivity contribution in [3.63, 3.8) is 0 Å². The summed E-state index contributed by atoms with van der Waals surface area (Å²) in [6, 6.07) is 20.1. The topological polar surface area (TPSA) is 57.6 Å². The molecule has 0 aliphatic heterocycles. The lowest BCUT2D eigenvalue weighted by molar-refractivity contribution is -0.160. The number of carbonyl (C=O) groups is 2. The highest BCUT2D eigenvalue weighted by Crippen LogP contribution is 2.40. The normalized spacial score (nSPS) is 15.4. The Hall–Kier alpha value is -2.62. The summed E-state index contributed by atoms with van der Waals surface area (Å²) in [7, 11) is 0. The molecule has 0 atom stereocenters. The first-order valence-corrected chi connectivity index (χ1v) is 9.72. The number of amides is 1. The summed E-state index contributed by atoms with van der Waals surface area (Å²) in [6.45, 7) is 1.09. The second kappa shape index (κ2) is 8.85. The zero-order valence-electron chi connectivity index (χ0n) is 15.6. The summed E-state index contributed by atoms with van der Waals surface area (Å²) in [5.41, 5.74) is 1.09. The van der Waals surface area contributed by atoms with Gasteiger partial charge in [0.15, 0.2) is 0 Å². The summed E-state index contributed by atoms with van der Waals surface area (Å²) >= 11 is 0. The largest absolute Gasteiger partial charge is 0.480 e. The SMILES string of the molecule is O=C(O)C1(C(=O)N(CCc2ccccc2)CCc2ccccc2)CCCC1. The molecule has 4 nitrogen and oxygen atoms in total. The molecule has 2 aromatic carbocycles. The van der Waals surface area contributed by atoms with Crippen LogP contribution in [0.5, 0.6) is 0 Å². The zero-order valence-corrected chi connectivity index (χ0v) is 15.6. The van der Waals surface area contributed by atoms with Crippen molar-refractivity contribution in [2.75, 3.05) is 13.1 Å². The quantitative estimate of drug-likeness (QED) is 0.721. The Morgan fingerprint density at radius 2 is 1.26 bits per heavy atom. The van der Waals surface area contributed by atoms with Crippen LogP contribution in [-0.2, 0) is 22.4 Å². The van der Waals surface area contributed by atoms with Gasteiger partial charge in [-0.3, -0.25) is 9.59 Å². The Kier molecular flexibility index (Phi) is 6.28. The van der Waals surface area contributed by atoms with Crippen LogP contribution in [0.15, 0.2) is 60.7 Å². The molecular formula is C23H27NO3. The molecule has 0 unspecified atom stereocenters. The monoisotopic (exact) mass is 365 g/mol. The summed E-state index contributed by atoms with van der Waals surface area (Å²) in [5, 5.41) is 9.81. The molecular weight excluding hydrogens is 338 g/mol. The molecule has 0 radical (unpaired) electrons. The van der Waals surface area contributed by atoms with Crippen molar-refractivity contribution >= 4 is 11.9 Å². The summed E-state index contributed by atoms with van der Waals surface area (Å²) in [5.74, 6) is -1.17.